The van der Waals surface area contributed by atoms with Crippen LogP contribution in [0.2, 0.25) is 5.02 Å². The Morgan fingerprint density at radius 3 is 2.57 bits per heavy atom. The highest BCUT2D eigenvalue weighted by Gasteiger charge is 2.25. The lowest BCUT2D eigenvalue weighted by Gasteiger charge is -2.28. The lowest BCUT2D eigenvalue weighted by molar-refractivity contribution is -0.114. The molecule has 2 heterocycles. The van der Waals surface area contributed by atoms with Crippen LogP contribution >= 0.6 is 11.6 Å². The van der Waals surface area contributed by atoms with Gasteiger partial charge in [-0.1, -0.05) is 17.7 Å². The maximum atomic E-state index is 12.7. The Bertz CT molecular complexity index is 1050. The molecule has 2 aromatic carbocycles. The zero-order valence-corrected chi connectivity index (χ0v) is 16.0. The molecular formula is C20H18ClN5O2. The molecular weight excluding hydrogens is 378 g/mol. The summed E-state index contributed by atoms with van der Waals surface area (Å²) in [6.07, 6.45) is 0. The summed E-state index contributed by atoms with van der Waals surface area (Å²) in [7, 11) is 0. The number of halogens is 1. The Hall–Kier alpha value is -3.19. The number of hydrogen-bond donors (Lipinski definition) is 1. The molecule has 1 aliphatic rings. The average Bonchev–Trinajstić information content (AvgIpc) is 3.11. The SMILES string of the molecule is CC(=O)Nc1ccc(-c2nnc3n2CCN(C(=O)c2cccc(Cl)c2)C3)cc1. The van der Waals surface area contributed by atoms with Gasteiger partial charge in [-0.05, 0) is 42.5 Å². The maximum Gasteiger partial charge on any atom is 0.254 e. The molecule has 0 fully saturated rings. The van der Waals surface area contributed by atoms with Crippen molar-refractivity contribution < 1.29 is 9.59 Å². The van der Waals surface area contributed by atoms with E-state index in [1.54, 1.807) is 29.2 Å². The van der Waals surface area contributed by atoms with Crippen LogP contribution in [0.15, 0.2) is 48.5 Å². The first-order valence-electron chi connectivity index (χ1n) is 8.86. The summed E-state index contributed by atoms with van der Waals surface area (Å²) in [4.78, 5) is 25.6. The molecule has 0 aliphatic carbocycles. The Morgan fingerprint density at radius 1 is 1.07 bits per heavy atom. The summed E-state index contributed by atoms with van der Waals surface area (Å²) in [5.41, 5.74) is 2.20. The van der Waals surface area contributed by atoms with Gasteiger partial charge in [-0.3, -0.25) is 9.59 Å². The Balaban J connectivity index is 1.53. The summed E-state index contributed by atoms with van der Waals surface area (Å²) in [6, 6.07) is 14.4. The van der Waals surface area contributed by atoms with E-state index in [-0.39, 0.29) is 11.8 Å². The number of carbonyl (C=O) groups is 2. The number of rotatable bonds is 3. The fourth-order valence-electron chi connectivity index (χ4n) is 3.25. The molecule has 0 bridgehead atoms. The Morgan fingerprint density at radius 2 is 1.86 bits per heavy atom. The summed E-state index contributed by atoms with van der Waals surface area (Å²) < 4.78 is 2.02. The highest BCUT2D eigenvalue weighted by molar-refractivity contribution is 6.30. The first-order valence-corrected chi connectivity index (χ1v) is 9.24. The number of aromatic nitrogens is 3. The van der Waals surface area contributed by atoms with Crippen LogP contribution in [-0.4, -0.2) is 38.0 Å². The van der Waals surface area contributed by atoms with E-state index in [1.807, 2.05) is 28.8 Å². The molecule has 8 heteroatoms. The van der Waals surface area contributed by atoms with Crippen molar-refractivity contribution >= 4 is 29.1 Å². The monoisotopic (exact) mass is 395 g/mol. The average molecular weight is 396 g/mol. The third kappa shape index (κ3) is 3.61. The lowest BCUT2D eigenvalue weighted by Crippen LogP contribution is -2.38. The highest BCUT2D eigenvalue weighted by atomic mass is 35.5. The first-order chi connectivity index (χ1) is 13.5. The largest absolute Gasteiger partial charge is 0.329 e. The minimum atomic E-state index is -0.114. The van der Waals surface area contributed by atoms with Crippen LogP contribution in [0.25, 0.3) is 11.4 Å². The number of anilines is 1. The molecule has 0 spiro atoms. The minimum absolute atomic E-state index is 0.0713. The summed E-state index contributed by atoms with van der Waals surface area (Å²) in [5.74, 6) is 1.30. The second kappa shape index (κ2) is 7.44. The van der Waals surface area contributed by atoms with E-state index in [0.717, 1.165) is 22.9 Å². The number of benzene rings is 2. The van der Waals surface area contributed by atoms with Crippen LogP contribution in [-0.2, 0) is 17.9 Å². The van der Waals surface area contributed by atoms with E-state index in [2.05, 4.69) is 15.5 Å². The molecule has 0 radical (unpaired) electrons. The highest BCUT2D eigenvalue weighted by Crippen LogP contribution is 2.24. The van der Waals surface area contributed by atoms with Gasteiger partial charge < -0.3 is 14.8 Å². The van der Waals surface area contributed by atoms with Crippen LogP contribution in [0, 0.1) is 0 Å². The molecule has 1 N–H and O–H groups in total. The topological polar surface area (TPSA) is 80.1 Å². The number of nitrogens with zero attached hydrogens (tertiary/aromatic N) is 4. The van der Waals surface area contributed by atoms with Crippen molar-refractivity contribution in [2.75, 3.05) is 11.9 Å². The predicted octanol–water partition coefficient (Wildman–Crippen LogP) is 3.21. The molecule has 0 unspecified atom stereocenters. The van der Waals surface area contributed by atoms with E-state index in [4.69, 9.17) is 11.6 Å². The van der Waals surface area contributed by atoms with Gasteiger partial charge in [0.1, 0.15) is 0 Å². The van der Waals surface area contributed by atoms with Crippen molar-refractivity contribution in [3.8, 4) is 11.4 Å². The van der Waals surface area contributed by atoms with Crippen molar-refractivity contribution in [3.05, 3.63) is 64.9 Å². The van der Waals surface area contributed by atoms with Crippen molar-refractivity contribution in [3.63, 3.8) is 0 Å². The number of carbonyl (C=O) groups excluding carboxylic acids is 2. The third-order valence-electron chi connectivity index (χ3n) is 4.58. The van der Waals surface area contributed by atoms with Crippen molar-refractivity contribution in [2.45, 2.75) is 20.0 Å². The standard InChI is InChI=1S/C20H18ClN5O2/c1-13(27)22-17-7-5-14(6-8-17)19-24-23-18-12-25(9-10-26(18)19)20(28)15-3-2-4-16(21)11-15/h2-8,11H,9-10,12H2,1H3,(H,22,27). The minimum Gasteiger partial charge on any atom is -0.329 e. The second-order valence-electron chi connectivity index (χ2n) is 6.59. The molecule has 2 amide bonds. The predicted molar refractivity (Wildman–Crippen MR) is 106 cm³/mol. The van der Waals surface area contributed by atoms with Gasteiger partial charge in [0.25, 0.3) is 5.91 Å². The van der Waals surface area contributed by atoms with Crippen molar-refractivity contribution in [1.29, 1.82) is 0 Å². The van der Waals surface area contributed by atoms with Crippen LogP contribution in [0.5, 0.6) is 0 Å². The fraction of sp³-hybridized carbons (Fsp3) is 0.200. The van der Waals surface area contributed by atoms with Gasteiger partial charge in [0, 0.05) is 41.9 Å². The van der Waals surface area contributed by atoms with E-state index >= 15 is 0 Å². The van der Waals surface area contributed by atoms with Gasteiger partial charge in [-0.2, -0.15) is 0 Å². The van der Waals surface area contributed by atoms with E-state index in [0.29, 0.717) is 30.2 Å². The van der Waals surface area contributed by atoms with Crippen molar-refractivity contribution in [2.24, 2.45) is 0 Å². The number of nitrogens with one attached hydrogen (secondary N) is 1. The van der Waals surface area contributed by atoms with Crippen LogP contribution in [0.4, 0.5) is 5.69 Å². The number of fused-ring (bicyclic) bond motifs is 1. The van der Waals surface area contributed by atoms with Gasteiger partial charge in [0.15, 0.2) is 11.6 Å². The van der Waals surface area contributed by atoms with E-state index in [9.17, 15) is 9.59 Å². The van der Waals surface area contributed by atoms with Gasteiger partial charge in [0.2, 0.25) is 5.91 Å². The molecule has 0 saturated carbocycles. The molecule has 1 aliphatic heterocycles. The van der Waals surface area contributed by atoms with Gasteiger partial charge >= 0.3 is 0 Å². The zero-order chi connectivity index (χ0) is 19.7. The number of amides is 2. The van der Waals surface area contributed by atoms with Crippen LogP contribution in [0.3, 0.4) is 0 Å². The molecule has 142 valence electrons. The van der Waals surface area contributed by atoms with E-state index in [1.165, 1.54) is 6.92 Å². The molecule has 3 aromatic rings. The van der Waals surface area contributed by atoms with Crippen molar-refractivity contribution in [1.82, 2.24) is 19.7 Å². The summed E-state index contributed by atoms with van der Waals surface area (Å²) in [6.45, 7) is 3.03. The summed E-state index contributed by atoms with van der Waals surface area (Å²) in [5, 5.41) is 11.9. The third-order valence-corrected chi connectivity index (χ3v) is 4.81. The van der Waals surface area contributed by atoms with Gasteiger partial charge in [0.05, 0.1) is 6.54 Å². The molecule has 7 nitrogen and oxygen atoms in total. The lowest BCUT2D eigenvalue weighted by atomic mass is 10.1. The van der Waals surface area contributed by atoms with E-state index < -0.39 is 0 Å². The fourth-order valence-corrected chi connectivity index (χ4v) is 3.44. The van der Waals surface area contributed by atoms with Crippen LogP contribution in [0.1, 0.15) is 23.1 Å². The molecule has 1 aromatic heterocycles. The summed E-state index contributed by atoms with van der Waals surface area (Å²) >= 11 is 6.00. The molecule has 0 saturated heterocycles. The normalized spacial score (nSPS) is 13.1. The van der Waals surface area contributed by atoms with Gasteiger partial charge in [-0.15, -0.1) is 10.2 Å². The molecule has 28 heavy (non-hydrogen) atoms. The quantitative estimate of drug-likeness (QED) is 0.738. The maximum absolute atomic E-state index is 12.7. The number of hydrogen-bond acceptors (Lipinski definition) is 4. The Labute approximate surface area is 166 Å². The van der Waals surface area contributed by atoms with Gasteiger partial charge in [-0.25, -0.2) is 0 Å². The first kappa shape index (κ1) is 18.2. The molecule has 0 atom stereocenters. The zero-order valence-electron chi connectivity index (χ0n) is 15.2. The second-order valence-corrected chi connectivity index (χ2v) is 7.02. The van der Waals surface area contributed by atoms with Crippen LogP contribution < -0.4 is 5.32 Å². The molecule has 4 rings (SSSR count). The Kier molecular flexibility index (Phi) is 4.83. The smallest absolute Gasteiger partial charge is 0.254 e.